The highest BCUT2D eigenvalue weighted by Crippen LogP contribution is 1.73. The van der Waals surface area contributed by atoms with E-state index in [9.17, 15) is 4.79 Å². The fraction of sp³-hybridized carbons (Fsp3) is 0.500. The van der Waals surface area contributed by atoms with Crippen molar-refractivity contribution in [1.82, 2.24) is 0 Å². The number of aldehydes is 1. The summed E-state index contributed by atoms with van der Waals surface area (Å²) in [6.45, 7) is 4.91. The summed E-state index contributed by atoms with van der Waals surface area (Å²) >= 11 is 0. The van der Waals surface area contributed by atoms with E-state index in [-0.39, 0.29) is 0 Å². The highest BCUT2D eigenvalue weighted by Gasteiger charge is 1.67. The monoisotopic (exact) mass is 70.0 g/mol. The molecule has 0 fully saturated rings. The zero-order valence-corrected chi connectivity index (χ0v) is 2.98. The fourth-order valence-corrected chi connectivity index (χ4v) is 0.0680. The first-order valence-electron chi connectivity index (χ1n) is 1.55. The summed E-state index contributed by atoms with van der Waals surface area (Å²) in [5.41, 5.74) is 0. The molecule has 0 aromatic heterocycles. The molecule has 0 saturated heterocycles. The standard InChI is InChI=1S/C4H6O/c1-2-3-4-5/h1,4H,2-3H2. The van der Waals surface area contributed by atoms with Gasteiger partial charge in [-0.2, -0.15) is 0 Å². The SMILES string of the molecule is [CH]CCC=O. The van der Waals surface area contributed by atoms with E-state index in [0.29, 0.717) is 12.8 Å². The highest BCUT2D eigenvalue weighted by atomic mass is 16.1. The molecule has 0 N–H and O–H groups in total. The molecule has 0 bridgehead atoms. The zero-order valence-electron chi connectivity index (χ0n) is 2.98. The van der Waals surface area contributed by atoms with E-state index in [4.69, 9.17) is 6.92 Å². The van der Waals surface area contributed by atoms with Crippen molar-refractivity contribution >= 4 is 6.29 Å². The van der Waals surface area contributed by atoms with Crippen LogP contribution in [0.25, 0.3) is 0 Å². The summed E-state index contributed by atoms with van der Waals surface area (Å²) in [6.07, 6.45) is 1.77. The van der Waals surface area contributed by atoms with Crippen LogP contribution in [0.1, 0.15) is 12.8 Å². The van der Waals surface area contributed by atoms with Gasteiger partial charge in [0.15, 0.2) is 0 Å². The predicted molar refractivity (Wildman–Crippen MR) is 19.6 cm³/mol. The van der Waals surface area contributed by atoms with Crippen LogP contribution in [0.4, 0.5) is 0 Å². The van der Waals surface area contributed by atoms with Crippen LogP contribution in [0.15, 0.2) is 0 Å². The van der Waals surface area contributed by atoms with Crippen molar-refractivity contribution in [3.8, 4) is 0 Å². The van der Waals surface area contributed by atoms with Crippen molar-refractivity contribution < 1.29 is 4.79 Å². The Balaban J connectivity index is 2.40. The molecule has 0 aromatic rings. The maximum atomic E-state index is 9.32. The van der Waals surface area contributed by atoms with Gasteiger partial charge in [0.2, 0.25) is 0 Å². The normalized spacial score (nSPS) is 7.40. The lowest BCUT2D eigenvalue weighted by atomic mass is 10.4. The van der Waals surface area contributed by atoms with Crippen molar-refractivity contribution in [1.29, 1.82) is 0 Å². The van der Waals surface area contributed by atoms with Gasteiger partial charge in [0.1, 0.15) is 6.29 Å². The van der Waals surface area contributed by atoms with Gasteiger partial charge in [0.05, 0.1) is 0 Å². The number of carbonyl (C=O) groups excluding carboxylic acids is 1. The van der Waals surface area contributed by atoms with Gasteiger partial charge < -0.3 is 4.79 Å². The molecule has 1 heteroatoms. The van der Waals surface area contributed by atoms with Crippen molar-refractivity contribution in [2.75, 3.05) is 0 Å². The molecule has 0 saturated carbocycles. The summed E-state index contributed by atoms with van der Waals surface area (Å²) in [6, 6.07) is 0. The molecule has 0 atom stereocenters. The van der Waals surface area contributed by atoms with Crippen LogP contribution in [0.3, 0.4) is 0 Å². The Labute approximate surface area is 32.0 Å². The molecule has 0 rings (SSSR count). The molecule has 0 spiro atoms. The van der Waals surface area contributed by atoms with Gasteiger partial charge in [-0.1, -0.05) is 0 Å². The zero-order chi connectivity index (χ0) is 4.12. The Kier molecular flexibility index (Phi) is 3.43. The lowest BCUT2D eigenvalue weighted by Gasteiger charge is -1.67. The van der Waals surface area contributed by atoms with Gasteiger partial charge in [-0.15, -0.1) is 0 Å². The molecule has 28 valence electrons. The Morgan fingerprint density at radius 1 is 1.80 bits per heavy atom. The van der Waals surface area contributed by atoms with E-state index in [0.717, 1.165) is 6.29 Å². The first-order chi connectivity index (χ1) is 2.41. The van der Waals surface area contributed by atoms with Gasteiger partial charge >= 0.3 is 0 Å². The minimum Gasteiger partial charge on any atom is -0.303 e. The number of unbranched alkanes of at least 4 members (excludes halogenated alkanes) is 1. The van der Waals surface area contributed by atoms with Crippen LogP contribution in [0.2, 0.25) is 0 Å². The van der Waals surface area contributed by atoms with Crippen LogP contribution in [-0.4, -0.2) is 6.29 Å². The Morgan fingerprint density at radius 2 is 2.40 bits per heavy atom. The van der Waals surface area contributed by atoms with Crippen LogP contribution in [0.5, 0.6) is 0 Å². The molecule has 1 nitrogen and oxygen atoms in total. The molecule has 5 heavy (non-hydrogen) atoms. The molecule has 0 aliphatic rings. The second kappa shape index (κ2) is 3.67. The van der Waals surface area contributed by atoms with E-state index in [1.165, 1.54) is 0 Å². The van der Waals surface area contributed by atoms with E-state index >= 15 is 0 Å². The van der Waals surface area contributed by atoms with Crippen LogP contribution < -0.4 is 0 Å². The number of hydrogen-bond acceptors (Lipinski definition) is 1. The fourth-order valence-electron chi connectivity index (χ4n) is 0.0680. The number of rotatable bonds is 2. The van der Waals surface area contributed by atoms with E-state index in [2.05, 4.69) is 0 Å². The average Bonchev–Trinajstić information content (AvgIpc) is 1.41. The molecular formula is C4H6O. The minimum atomic E-state index is 0.476. The topological polar surface area (TPSA) is 17.1 Å². The van der Waals surface area contributed by atoms with E-state index in [1.807, 2.05) is 0 Å². The molecule has 0 aromatic carbocycles. The summed E-state index contributed by atoms with van der Waals surface area (Å²) in [7, 11) is 0. The second-order valence-electron chi connectivity index (χ2n) is 0.744. The highest BCUT2D eigenvalue weighted by molar-refractivity contribution is 5.49. The lowest BCUT2D eigenvalue weighted by Crippen LogP contribution is -1.65. The van der Waals surface area contributed by atoms with Crippen molar-refractivity contribution in [2.24, 2.45) is 0 Å². The second-order valence-corrected chi connectivity index (χ2v) is 0.744. The third kappa shape index (κ3) is 3.67. The Hall–Kier alpha value is -0.330. The molecule has 0 heterocycles. The molecule has 0 amide bonds. The summed E-state index contributed by atoms with van der Waals surface area (Å²) in [5.74, 6) is 0. The number of carbonyl (C=O) groups is 1. The van der Waals surface area contributed by atoms with Gasteiger partial charge in [0.25, 0.3) is 0 Å². The third-order valence-corrected chi connectivity index (χ3v) is 0.285. The van der Waals surface area contributed by atoms with Gasteiger partial charge in [-0.25, -0.2) is 0 Å². The van der Waals surface area contributed by atoms with Crippen molar-refractivity contribution in [3.63, 3.8) is 0 Å². The summed E-state index contributed by atoms with van der Waals surface area (Å²) in [5, 5.41) is 0. The predicted octanol–water partition coefficient (Wildman–Crippen LogP) is 0.677. The minimum absolute atomic E-state index is 0.476. The molecule has 0 aliphatic carbocycles. The largest absolute Gasteiger partial charge is 0.303 e. The van der Waals surface area contributed by atoms with Crippen LogP contribution in [-0.2, 0) is 4.79 Å². The Morgan fingerprint density at radius 3 is 2.40 bits per heavy atom. The van der Waals surface area contributed by atoms with Gasteiger partial charge in [-0.3, -0.25) is 0 Å². The molecule has 0 unspecified atom stereocenters. The smallest absolute Gasteiger partial charge is 0.120 e. The Bertz CT molecular complexity index is 24.8. The summed E-state index contributed by atoms with van der Waals surface area (Å²) in [4.78, 5) is 9.32. The first-order valence-corrected chi connectivity index (χ1v) is 1.55. The van der Waals surface area contributed by atoms with Crippen LogP contribution >= 0.6 is 0 Å². The van der Waals surface area contributed by atoms with Crippen LogP contribution in [0, 0.1) is 6.92 Å². The number of hydrogen-bond donors (Lipinski definition) is 0. The molecule has 0 aliphatic heterocycles. The van der Waals surface area contributed by atoms with E-state index in [1.54, 1.807) is 0 Å². The quantitative estimate of drug-likeness (QED) is 0.436. The van der Waals surface area contributed by atoms with Gasteiger partial charge in [0, 0.05) is 6.42 Å². The maximum Gasteiger partial charge on any atom is 0.120 e. The molecular weight excluding hydrogens is 64.0 g/mol. The van der Waals surface area contributed by atoms with Crippen molar-refractivity contribution in [2.45, 2.75) is 12.8 Å². The third-order valence-electron chi connectivity index (χ3n) is 0.285. The molecule has 2 radical (unpaired) electrons. The average molecular weight is 70.1 g/mol. The lowest BCUT2D eigenvalue weighted by molar-refractivity contribution is -0.107. The van der Waals surface area contributed by atoms with Gasteiger partial charge in [-0.05, 0) is 13.3 Å². The summed E-state index contributed by atoms with van der Waals surface area (Å²) < 4.78 is 0. The first kappa shape index (κ1) is 4.67. The van der Waals surface area contributed by atoms with Crippen molar-refractivity contribution in [3.05, 3.63) is 6.92 Å². The van der Waals surface area contributed by atoms with E-state index < -0.39 is 0 Å². The maximum absolute atomic E-state index is 9.32.